The van der Waals surface area contributed by atoms with Crippen molar-refractivity contribution in [2.75, 3.05) is 6.54 Å². The van der Waals surface area contributed by atoms with Crippen LogP contribution in [0.5, 0.6) is 0 Å². The molecule has 0 spiro atoms. The van der Waals surface area contributed by atoms with Gasteiger partial charge in [0.05, 0.1) is 12.5 Å². The highest BCUT2D eigenvalue weighted by Crippen LogP contribution is 2.21. The smallest absolute Gasteiger partial charge is 0.326 e. The van der Waals surface area contributed by atoms with Crippen molar-refractivity contribution in [2.24, 2.45) is 17.6 Å². The maximum Gasteiger partial charge on any atom is 0.326 e. The third-order valence-corrected chi connectivity index (χ3v) is 5.17. The van der Waals surface area contributed by atoms with Crippen LogP contribution < -0.4 is 16.4 Å². The fourth-order valence-electron chi connectivity index (χ4n) is 3.41. The largest absolute Gasteiger partial charge is 0.481 e. The van der Waals surface area contributed by atoms with Crippen LogP contribution in [-0.4, -0.2) is 75.5 Å². The van der Waals surface area contributed by atoms with Crippen molar-refractivity contribution in [3.8, 4) is 0 Å². The minimum absolute atomic E-state index is 0.0753. The van der Waals surface area contributed by atoms with Crippen LogP contribution in [0.15, 0.2) is 0 Å². The molecule has 4 unspecified atom stereocenters. The molecule has 31 heavy (non-hydrogen) atoms. The van der Waals surface area contributed by atoms with Crippen LogP contribution in [0.3, 0.4) is 0 Å². The summed E-state index contributed by atoms with van der Waals surface area (Å²) < 4.78 is 0. The van der Waals surface area contributed by atoms with Crippen LogP contribution in [0.25, 0.3) is 0 Å². The van der Waals surface area contributed by atoms with Gasteiger partial charge in [-0.1, -0.05) is 27.7 Å². The molecule has 11 heteroatoms. The quantitative estimate of drug-likeness (QED) is 0.285. The fraction of sp³-hybridized carbons (Fsp3) is 0.750. The van der Waals surface area contributed by atoms with Gasteiger partial charge in [0.1, 0.15) is 18.1 Å². The molecule has 1 saturated heterocycles. The second kappa shape index (κ2) is 11.6. The molecule has 0 aliphatic carbocycles. The lowest BCUT2D eigenvalue weighted by Crippen LogP contribution is -2.57. The SMILES string of the molecule is CC(C)CC(NC(=O)C(N)C(C)C)C(=O)N1CCCC1C(=O)NC(CC(=O)O)C(=O)O. The molecule has 1 aliphatic heterocycles. The third kappa shape index (κ3) is 7.82. The molecule has 1 rings (SSSR count). The molecule has 0 aromatic carbocycles. The topological polar surface area (TPSA) is 179 Å². The molecule has 1 heterocycles. The van der Waals surface area contributed by atoms with E-state index in [9.17, 15) is 24.0 Å². The van der Waals surface area contributed by atoms with Crippen LogP contribution in [0.1, 0.15) is 53.4 Å². The number of nitrogens with one attached hydrogen (secondary N) is 2. The number of nitrogens with zero attached hydrogens (tertiary/aromatic N) is 1. The first-order valence-corrected chi connectivity index (χ1v) is 10.5. The van der Waals surface area contributed by atoms with E-state index in [0.29, 0.717) is 19.3 Å². The molecule has 0 radical (unpaired) electrons. The first-order chi connectivity index (χ1) is 14.3. The van der Waals surface area contributed by atoms with E-state index < -0.39 is 60.2 Å². The van der Waals surface area contributed by atoms with Crippen LogP contribution >= 0.6 is 0 Å². The number of carboxylic acid groups (broad SMARTS) is 2. The van der Waals surface area contributed by atoms with Crippen LogP contribution in [0.4, 0.5) is 0 Å². The van der Waals surface area contributed by atoms with E-state index in [1.54, 1.807) is 13.8 Å². The molecule has 176 valence electrons. The van der Waals surface area contributed by atoms with Crippen molar-refractivity contribution >= 4 is 29.7 Å². The van der Waals surface area contributed by atoms with Crippen molar-refractivity contribution in [3.05, 3.63) is 0 Å². The normalized spacial score (nSPS) is 19.1. The second-order valence-corrected chi connectivity index (χ2v) is 8.65. The number of hydrogen-bond donors (Lipinski definition) is 5. The molecule has 4 atom stereocenters. The summed E-state index contributed by atoms with van der Waals surface area (Å²) in [7, 11) is 0. The van der Waals surface area contributed by atoms with E-state index >= 15 is 0 Å². The van der Waals surface area contributed by atoms with Gasteiger partial charge in [0, 0.05) is 6.54 Å². The second-order valence-electron chi connectivity index (χ2n) is 8.65. The number of carbonyl (C=O) groups is 5. The lowest BCUT2D eigenvalue weighted by molar-refractivity contribution is -0.148. The Hall–Kier alpha value is -2.69. The minimum Gasteiger partial charge on any atom is -0.481 e. The van der Waals surface area contributed by atoms with E-state index in [-0.39, 0.29) is 18.4 Å². The maximum atomic E-state index is 13.2. The van der Waals surface area contributed by atoms with Gasteiger partial charge in [-0.3, -0.25) is 19.2 Å². The van der Waals surface area contributed by atoms with E-state index in [1.807, 2.05) is 13.8 Å². The third-order valence-electron chi connectivity index (χ3n) is 5.17. The average molecular weight is 443 g/mol. The Bertz CT molecular complexity index is 695. The van der Waals surface area contributed by atoms with Gasteiger partial charge in [-0.25, -0.2) is 4.79 Å². The van der Waals surface area contributed by atoms with Crippen molar-refractivity contribution in [2.45, 2.75) is 77.5 Å². The van der Waals surface area contributed by atoms with Gasteiger partial charge in [0.15, 0.2) is 0 Å². The fourth-order valence-corrected chi connectivity index (χ4v) is 3.41. The number of nitrogens with two attached hydrogens (primary N) is 1. The zero-order valence-corrected chi connectivity index (χ0v) is 18.5. The van der Waals surface area contributed by atoms with Gasteiger partial charge in [-0.2, -0.15) is 0 Å². The number of carboxylic acids is 2. The molecule has 3 amide bonds. The van der Waals surface area contributed by atoms with Crippen molar-refractivity contribution in [1.82, 2.24) is 15.5 Å². The molecule has 1 fully saturated rings. The number of rotatable bonds is 11. The summed E-state index contributed by atoms with van der Waals surface area (Å²) in [5.41, 5.74) is 5.89. The van der Waals surface area contributed by atoms with E-state index in [2.05, 4.69) is 10.6 Å². The summed E-state index contributed by atoms with van der Waals surface area (Å²) in [6, 6.07) is -4.20. The van der Waals surface area contributed by atoms with Gasteiger partial charge in [0.2, 0.25) is 17.7 Å². The summed E-state index contributed by atoms with van der Waals surface area (Å²) in [4.78, 5) is 61.7. The summed E-state index contributed by atoms with van der Waals surface area (Å²) in [6.45, 7) is 7.65. The standard InChI is InChI=1S/C20H34N4O7/c1-10(2)8-12(22-18(28)16(21)11(3)4)19(29)24-7-5-6-14(24)17(27)23-13(20(30)31)9-15(25)26/h10-14,16H,5-9,21H2,1-4H3,(H,22,28)(H,23,27)(H,25,26)(H,30,31). The molecular formula is C20H34N4O7. The van der Waals surface area contributed by atoms with Crippen molar-refractivity contribution < 1.29 is 34.2 Å². The van der Waals surface area contributed by atoms with Gasteiger partial charge in [-0.15, -0.1) is 0 Å². The number of hydrogen-bond acceptors (Lipinski definition) is 6. The summed E-state index contributed by atoms with van der Waals surface area (Å²) in [5.74, 6) is -4.52. The Morgan fingerprint density at radius 2 is 1.65 bits per heavy atom. The Balaban J connectivity index is 2.97. The lowest BCUT2D eigenvalue weighted by atomic mass is 10.00. The molecule has 0 bridgehead atoms. The molecule has 1 aliphatic rings. The van der Waals surface area contributed by atoms with Gasteiger partial charge in [0.25, 0.3) is 0 Å². The van der Waals surface area contributed by atoms with Gasteiger partial charge in [-0.05, 0) is 31.1 Å². The predicted octanol–water partition coefficient (Wildman–Crippen LogP) is -0.464. The van der Waals surface area contributed by atoms with Crippen LogP contribution in [0, 0.1) is 11.8 Å². The first kappa shape index (κ1) is 26.3. The van der Waals surface area contributed by atoms with Gasteiger partial charge >= 0.3 is 11.9 Å². The Morgan fingerprint density at radius 3 is 2.13 bits per heavy atom. The van der Waals surface area contributed by atoms with Crippen molar-refractivity contribution in [3.63, 3.8) is 0 Å². The highest BCUT2D eigenvalue weighted by Gasteiger charge is 2.39. The van der Waals surface area contributed by atoms with Gasteiger partial charge < -0.3 is 31.5 Å². The molecule has 6 N–H and O–H groups in total. The molecule has 0 aromatic rings. The Kier molecular flexibility index (Phi) is 9.89. The zero-order valence-electron chi connectivity index (χ0n) is 18.5. The summed E-state index contributed by atoms with van der Waals surface area (Å²) in [6.07, 6.45) is 0.400. The number of carbonyl (C=O) groups excluding carboxylic acids is 3. The monoisotopic (exact) mass is 442 g/mol. The lowest BCUT2D eigenvalue weighted by Gasteiger charge is -2.30. The van der Waals surface area contributed by atoms with E-state index in [0.717, 1.165) is 0 Å². The maximum absolute atomic E-state index is 13.2. The molecule has 0 saturated carbocycles. The molecule has 0 aromatic heterocycles. The Labute approximate surface area is 181 Å². The highest BCUT2D eigenvalue weighted by atomic mass is 16.4. The van der Waals surface area contributed by atoms with E-state index in [4.69, 9.17) is 15.9 Å². The number of aliphatic carboxylic acids is 2. The first-order valence-electron chi connectivity index (χ1n) is 10.5. The zero-order chi connectivity index (χ0) is 23.9. The van der Waals surface area contributed by atoms with Crippen LogP contribution in [0.2, 0.25) is 0 Å². The number of amides is 3. The number of likely N-dealkylation sites (tertiary alicyclic amines) is 1. The van der Waals surface area contributed by atoms with E-state index in [1.165, 1.54) is 4.90 Å². The molecule has 11 nitrogen and oxygen atoms in total. The summed E-state index contributed by atoms with van der Waals surface area (Å²) >= 11 is 0. The van der Waals surface area contributed by atoms with Crippen molar-refractivity contribution in [1.29, 1.82) is 0 Å². The Morgan fingerprint density at radius 1 is 1.03 bits per heavy atom. The van der Waals surface area contributed by atoms with Crippen LogP contribution in [-0.2, 0) is 24.0 Å². The predicted molar refractivity (Wildman–Crippen MR) is 111 cm³/mol. The average Bonchev–Trinajstić information content (AvgIpc) is 3.14. The minimum atomic E-state index is -1.60. The summed E-state index contributed by atoms with van der Waals surface area (Å²) in [5, 5.41) is 22.9. The highest BCUT2D eigenvalue weighted by molar-refractivity contribution is 5.95. The molecular weight excluding hydrogens is 408 g/mol.